The van der Waals surface area contributed by atoms with Gasteiger partial charge in [-0.3, -0.25) is 14.4 Å². The fraction of sp³-hybridized carbons (Fsp3) is 0.200. The van der Waals surface area contributed by atoms with Gasteiger partial charge in [-0.05, 0) is 28.1 Å². The molecule has 0 atom stereocenters. The Balaban J connectivity index is 2.42. The van der Waals surface area contributed by atoms with Crippen LogP contribution in [0.4, 0.5) is 0 Å². The predicted molar refractivity (Wildman–Crippen MR) is 64.9 cm³/mol. The predicted octanol–water partition coefficient (Wildman–Crippen LogP) is -0.225. The molecule has 0 radical (unpaired) electrons. The molecule has 0 saturated carbocycles. The van der Waals surface area contributed by atoms with Gasteiger partial charge in [-0.1, -0.05) is 6.07 Å². The fourth-order valence-electron chi connectivity index (χ4n) is 1.02. The number of halogens is 1. The Hall–Kier alpha value is -1.96. The van der Waals surface area contributed by atoms with Gasteiger partial charge in [0.25, 0.3) is 5.91 Å². The van der Waals surface area contributed by atoms with Crippen molar-refractivity contribution in [2.45, 2.75) is 0 Å². The second-order valence-corrected chi connectivity index (χ2v) is 4.01. The molecule has 1 heterocycles. The second-order valence-electron chi connectivity index (χ2n) is 3.20. The number of carbonyl (C=O) groups excluding carboxylic acids is 2. The summed E-state index contributed by atoms with van der Waals surface area (Å²) in [6, 6.07) is 4.79. The normalized spacial score (nSPS) is 9.61. The van der Waals surface area contributed by atoms with Gasteiger partial charge in [-0.2, -0.15) is 0 Å². The Labute approximate surface area is 111 Å². The number of aliphatic carboxylic acids is 1. The molecule has 1 aromatic rings. The van der Waals surface area contributed by atoms with E-state index in [4.69, 9.17) is 5.11 Å². The number of nitrogens with zero attached hydrogens (tertiary/aromatic N) is 1. The molecule has 0 spiro atoms. The molecule has 0 saturated heterocycles. The molecular weight excluding hydrogens is 306 g/mol. The van der Waals surface area contributed by atoms with E-state index in [1.807, 2.05) is 0 Å². The van der Waals surface area contributed by atoms with Crippen LogP contribution >= 0.6 is 15.9 Å². The zero-order chi connectivity index (χ0) is 13.5. The molecule has 0 unspecified atom stereocenters. The standard InChI is InChI=1S/C10H10BrN3O4/c11-7-3-1-2-6(14-7)10(18)13-4-8(15)12-5-9(16)17/h1-3H,4-5H2,(H,12,15)(H,13,18)(H,16,17). The lowest BCUT2D eigenvalue weighted by atomic mass is 10.3. The van der Waals surface area contributed by atoms with Crippen molar-refractivity contribution in [3.63, 3.8) is 0 Å². The van der Waals surface area contributed by atoms with Crippen LogP contribution in [-0.4, -0.2) is 41.0 Å². The van der Waals surface area contributed by atoms with Crippen molar-refractivity contribution in [2.24, 2.45) is 0 Å². The van der Waals surface area contributed by atoms with Crippen molar-refractivity contribution in [1.29, 1.82) is 0 Å². The van der Waals surface area contributed by atoms with E-state index in [0.717, 1.165) is 0 Å². The Bertz CT molecular complexity index is 478. The number of hydrogen-bond donors (Lipinski definition) is 3. The minimum atomic E-state index is -1.15. The number of rotatable bonds is 5. The third kappa shape index (κ3) is 4.91. The average Bonchev–Trinajstić information content (AvgIpc) is 2.33. The summed E-state index contributed by atoms with van der Waals surface area (Å²) in [5.41, 5.74) is 0.162. The SMILES string of the molecule is O=C(O)CNC(=O)CNC(=O)c1cccc(Br)n1. The number of hydrogen-bond acceptors (Lipinski definition) is 4. The minimum absolute atomic E-state index is 0.162. The van der Waals surface area contributed by atoms with Crippen LogP contribution in [0, 0.1) is 0 Å². The zero-order valence-corrected chi connectivity index (χ0v) is 10.7. The average molecular weight is 316 g/mol. The molecule has 8 heteroatoms. The third-order valence-corrected chi connectivity index (χ3v) is 2.24. The molecule has 0 aliphatic heterocycles. The topological polar surface area (TPSA) is 108 Å². The van der Waals surface area contributed by atoms with Gasteiger partial charge in [0.15, 0.2) is 0 Å². The Morgan fingerprint density at radius 2 is 1.94 bits per heavy atom. The van der Waals surface area contributed by atoms with Gasteiger partial charge < -0.3 is 15.7 Å². The highest BCUT2D eigenvalue weighted by molar-refractivity contribution is 9.10. The van der Waals surface area contributed by atoms with Crippen LogP contribution in [0.2, 0.25) is 0 Å². The molecule has 0 fully saturated rings. The van der Waals surface area contributed by atoms with Gasteiger partial charge in [0.05, 0.1) is 6.54 Å². The van der Waals surface area contributed by atoms with E-state index in [9.17, 15) is 14.4 Å². The lowest BCUT2D eigenvalue weighted by Crippen LogP contribution is -2.39. The first-order chi connectivity index (χ1) is 8.49. The summed E-state index contributed by atoms with van der Waals surface area (Å²) < 4.78 is 0.505. The van der Waals surface area contributed by atoms with Crippen LogP contribution in [0.25, 0.3) is 0 Å². The largest absolute Gasteiger partial charge is 0.480 e. The van der Waals surface area contributed by atoms with Crippen LogP contribution in [0.5, 0.6) is 0 Å². The highest BCUT2D eigenvalue weighted by atomic mass is 79.9. The lowest BCUT2D eigenvalue weighted by molar-refractivity contribution is -0.137. The van der Waals surface area contributed by atoms with E-state index >= 15 is 0 Å². The van der Waals surface area contributed by atoms with Crippen LogP contribution in [0.3, 0.4) is 0 Å². The van der Waals surface area contributed by atoms with Crippen molar-refractivity contribution < 1.29 is 19.5 Å². The number of carbonyl (C=O) groups is 3. The van der Waals surface area contributed by atoms with Crippen molar-refractivity contribution in [1.82, 2.24) is 15.6 Å². The molecule has 0 aliphatic rings. The first-order valence-electron chi connectivity index (χ1n) is 4.88. The van der Waals surface area contributed by atoms with Gasteiger partial charge in [0.1, 0.15) is 16.8 Å². The minimum Gasteiger partial charge on any atom is -0.480 e. The molecular formula is C10H10BrN3O4. The van der Waals surface area contributed by atoms with Gasteiger partial charge in [0, 0.05) is 0 Å². The van der Waals surface area contributed by atoms with Crippen LogP contribution in [0.1, 0.15) is 10.5 Å². The van der Waals surface area contributed by atoms with Crippen molar-refractivity contribution >= 4 is 33.7 Å². The smallest absolute Gasteiger partial charge is 0.322 e. The third-order valence-electron chi connectivity index (χ3n) is 1.79. The molecule has 2 amide bonds. The molecule has 0 aliphatic carbocycles. The lowest BCUT2D eigenvalue weighted by Gasteiger charge is -2.05. The summed E-state index contributed by atoms with van der Waals surface area (Å²) in [7, 11) is 0. The van der Waals surface area contributed by atoms with Gasteiger partial charge in [-0.25, -0.2) is 4.98 Å². The van der Waals surface area contributed by atoms with Crippen LogP contribution < -0.4 is 10.6 Å². The molecule has 96 valence electrons. The van der Waals surface area contributed by atoms with Gasteiger partial charge in [-0.15, -0.1) is 0 Å². The number of carboxylic acid groups (broad SMARTS) is 1. The van der Waals surface area contributed by atoms with Crippen molar-refractivity contribution in [3.8, 4) is 0 Å². The van der Waals surface area contributed by atoms with Crippen LogP contribution in [-0.2, 0) is 9.59 Å². The highest BCUT2D eigenvalue weighted by Gasteiger charge is 2.09. The summed E-state index contributed by atoms with van der Waals surface area (Å²) >= 11 is 3.12. The van der Waals surface area contributed by atoms with E-state index in [2.05, 4.69) is 31.5 Å². The summed E-state index contributed by atoms with van der Waals surface area (Å²) in [6.07, 6.45) is 0. The van der Waals surface area contributed by atoms with E-state index in [1.54, 1.807) is 12.1 Å². The Kier molecular flexibility index (Phi) is 5.25. The first kappa shape index (κ1) is 14.1. The molecule has 7 nitrogen and oxygen atoms in total. The maximum atomic E-state index is 11.5. The molecule has 0 aromatic carbocycles. The summed E-state index contributed by atoms with van der Waals surface area (Å²) in [5, 5.41) is 12.8. The van der Waals surface area contributed by atoms with Gasteiger partial charge in [0.2, 0.25) is 5.91 Å². The van der Waals surface area contributed by atoms with E-state index in [1.165, 1.54) is 6.07 Å². The molecule has 1 aromatic heterocycles. The maximum Gasteiger partial charge on any atom is 0.322 e. The fourth-order valence-corrected chi connectivity index (χ4v) is 1.37. The number of aromatic nitrogens is 1. The summed E-state index contributed by atoms with van der Waals surface area (Å²) in [5.74, 6) is -2.24. The highest BCUT2D eigenvalue weighted by Crippen LogP contribution is 2.05. The summed E-state index contributed by atoms with van der Waals surface area (Å²) in [4.78, 5) is 36.8. The zero-order valence-electron chi connectivity index (χ0n) is 9.14. The molecule has 3 N–H and O–H groups in total. The quantitative estimate of drug-likeness (QED) is 0.651. The number of amides is 2. The number of nitrogens with one attached hydrogen (secondary N) is 2. The molecule has 18 heavy (non-hydrogen) atoms. The van der Waals surface area contributed by atoms with E-state index < -0.39 is 24.3 Å². The number of pyridine rings is 1. The molecule has 1 rings (SSSR count). The number of carboxylic acids is 1. The van der Waals surface area contributed by atoms with E-state index in [0.29, 0.717) is 4.60 Å². The monoisotopic (exact) mass is 315 g/mol. The molecule has 0 bridgehead atoms. The first-order valence-corrected chi connectivity index (χ1v) is 5.67. The summed E-state index contributed by atoms with van der Waals surface area (Å²) in [6.45, 7) is -0.788. The van der Waals surface area contributed by atoms with Crippen molar-refractivity contribution in [3.05, 3.63) is 28.5 Å². The van der Waals surface area contributed by atoms with Crippen molar-refractivity contribution in [2.75, 3.05) is 13.1 Å². The van der Waals surface area contributed by atoms with Crippen LogP contribution in [0.15, 0.2) is 22.8 Å². The Morgan fingerprint density at radius 1 is 1.22 bits per heavy atom. The van der Waals surface area contributed by atoms with E-state index in [-0.39, 0.29) is 12.2 Å². The van der Waals surface area contributed by atoms with Gasteiger partial charge >= 0.3 is 5.97 Å². The second kappa shape index (κ2) is 6.70. The maximum absolute atomic E-state index is 11.5. The Morgan fingerprint density at radius 3 is 2.56 bits per heavy atom.